The van der Waals surface area contributed by atoms with Gasteiger partial charge in [0.2, 0.25) is 10.0 Å². The van der Waals surface area contributed by atoms with Crippen molar-refractivity contribution in [1.82, 2.24) is 33.7 Å². The largest absolute Gasteiger partial charge is 0.216 e. The molecule has 0 radical (unpaired) electrons. The van der Waals surface area contributed by atoms with Crippen molar-refractivity contribution < 1.29 is 8.42 Å². The van der Waals surface area contributed by atoms with Gasteiger partial charge in [-0.1, -0.05) is 18.2 Å². The van der Waals surface area contributed by atoms with Gasteiger partial charge >= 0.3 is 0 Å². The minimum Gasteiger partial charge on any atom is -0.216 e. The summed E-state index contributed by atoms with van der Waals surface area (Å²) in [6, 6.07) is 9.81. The molecule has 4 aromatic rings. The van der Waals surface area contributed by atoms with E-state index in [4.69, 9.17) is 4.98 Å². The fourth-order valence-electron chi connectivity index (χ4n) is 3.86. The van der Waals surface area contributed by atoms with Crippen LogP contribution in [0.15, 0.2) is 42.9 Å². The summed E-state index contributed by atoms with van der Waals surface area (Å²) in [4.78, 5) is 9.28. The molecule has 3 aromatic heterocycles. The zero-order valence-electron chi connectivity index (χ0n) is 16.0. The highest BCUT2D eigenvalue weighted by atomic mass is 32.2. The molecular formula is C19H21N7O2S. The minimum absolute atomic E-state index is 0.0239. The van der Waals surface area contributed by atoms with Gasteiger partial charge in [0.1, 0.15) is 6.33 Å². The Kier molecular flexibility index (Phi) is 4.32. The second kappa shape index (κ2) is 6.89. The Morgan fingerprint density at radius 3 is 2.79 bits per heavy atom. The molecule has 1 unspecified atom stereocenters. The number of para-hydroxylation sites is 1. The summed E-state index contributed by atoms with van der Waals surface area (Å²) in [5.41, 5.74) is 2.32. The van der Waals surface area contributed by atoms with E-state index in [2.05, 4.69) is 15.2 Å². The van der Waals surface area contributed by atoms with E-state index in [-0.39, 0.29) is 11.7 Å². The number of hydrogen-bond acceptors (Lipinski definition) is 6. The summed E-state index contributed by atoms with van der Waals surface area (Å²) in [5, 5.41) is 9.88. The van der Waals surface area contributed by atoms with Gasteiger partial charge in [-0.3, -0.25) is 0 Å². The molecule has 0 aliphatic carbocycles. The van der Waals surface area contributed by atoms with Crippen LogP contribution in [0.25, 0.3) is 22.4 Å². The van der Waals surface area contributed by atoms with Gasteiger partial charge in [-0.05, 0) is 31.9 Å². The Morgan fingerprint density at radius 2 is 2.00 bits per heavy atom. The molecule has 1 fully saturated rings. The molecule has 10 heteroatoms. The molecule has 0 saturated carbocycles. The van der Waals surface area contributed by atoms with Gasteiger partial charge in [-0.2, -0.15) is 5.10 Å². The highest BCUT2D eigenvalue weighted by molar-refractivity contribution is 7.89. The van der Waals surface area contributed by atoms with Crippen LogP contribution in [0.1, 0.15) is 31.5 Å². The van der Waals surface area contributed by atoms with Crippen LogP contribution >= 0.6 is 0 Å². The molecule has 0 bridgehead atoms. The third kappa shape index (κ3) is 3.08. The monoisotopic (exact) mass is 411 g/mol. The topological polar surface area (TPSA) is 98.3 Å². The molecule has 1 saturated heterocycles. The van der Waals surface area contributed by atoms with E-state index in [1.165, 1.54) is 0 Å². The van der Waals surface area contributed by atoms with Crippen LogP contribution in [0.5, 0.6) is 0 Å². The summed E-state index contributed by atoms with van der Waals surface area (Å²) in [6.07, 6.45) is 5.06. The first-order valence-corrected chi connectivity index (χ1v) is 11.3. The maximum absolute atomic E-state index is 12.3. The summed E-state index contributed by atoms with van der Waals surface area (Å²) in [6.45, 7) is 2.66. The van der Waals surface area contributed by atoms with Gasteiger partial charge < -0.3 is 0 Å². The van der Waals surface area contributed by atoms with Crippen LogP contribution in [0.2, 0.25) is 0 Å². The standard InChI is InChI=1S/C19H21N7O2S/c1-2-29(27,28)24-10-6-7-14(12-24)17-22-19-16-11-21-26(15-8-4-3-5-9-15)18(16)20-13-25(19)23-17/h3-5,8-9,11,13-14H,2,6-7,10,12H2,1H3. The van der Waals surface area contributed by atoms with Gasteiger partial charge in [0.15, 0.2) is 17.1 Å². The summed E-state index contributed by atoms with van der Waals surface area (Å²) < 4.78 is 29.5. The first-order valence-electron chi connectivity index (χ1n) is 9.69. The quantitative estimate of drug-likeness (QED) is 0.509. The molecule has 0 spiro atoms. The molecule has 0 amide bonds. The normalized spacial score (nSPS) is 18.6. The van der Waals surface area contributed by atoms with Crippen molar-refractivity contribution in [3.8, 4) is 5.69 Å². The first-order chi connectivity index (χ1) is 14.1. The predicted molar refractivity (Wildman–Crippen MR) is 108 cm³/mol. The van der Waals surface area contributed by atoms with Crippen molar-refractivity contribution in [1.29, 1.82) is 0 Å². The lowest BCUT2D eigenvalue weighted by atomic mass is 9.99. The highest BCUT2D eigenvalue weighted by Gasteiger charge is 2.31. The van der Waals surface area contributed by atoms with Crippen LogP contribution in [0.4, 0.5) is 0 Å². The van der Waals surface area contributed by atoms with Crippen LogP contribution in [-0.2, 0) is 10.0 Å². The van der Waals surface area contributed by atoms with E-state index < -0.39 is 10.0 Å². The van der Waals surface area contributed by atoms with Crippen molar-refractivity contribution in [2.45, 2.75) is 25.7 Å². The molecule has 1 aliphatic heterocycles. The maximum Gasteiger partial charge on any atom is 0.213 e. The Bertz CT molecular complexity index is 1280. The SMILES string of the molecule is CCS(=O)(=O)N1CCCC(c2nc3c4cnn(-c5ccccc5)c4ncn3n2)C1. The first kappa shape index (κ1) is 18.2. The minimum atomic E-state index is -3.21. The fraction of sp³-hybridized carbons (Fsp3) is 0.368. The van der Waals surface area contributed by atoms with Crippen LogP contribution in [0, 0.1) is 0 Å². The van der Waals surface area contributed by atoms with E-state index in [0.717, 1.165) is 23.9 Å². The molecular weight excluding hydrogens is 390 g/mol. The number of hydrogen-bond donors (Lipinski definition) is 0. The number of benzene rings is 1. The highest BCUT2D eigenvalue weighted by Crippen LogP contribution is 2.28. The van der Waals surface area contributed by atoms with Crippen LogP contribution in [-0.4, -0.2) is 60.9 Å². The Hall–Kier alpha value is -2.85. The molecule has 9 nitrogen and oxygen atoms in total. The molecule has 1 atom stereocenters. The number of piperidine rings is 1. The Balaban J connectivity index is 1.54. The number of fused-ring (bicyclic) bond motifs is 3. The summed E-state index contributed by atoms with van der Waals surface area (Å²) in [7, 11) is -3.21. The van der Waals surface area contributed by atoms with Crippen molar-refractivity contribution in [2.24, 2.45) is 0 Å². The number of sulfonamides is 1. The maximum atomic E-state index is 12.3. The molecule has 4 heterocycles. The zero-order chi connectivity index (χ0) is 20.0. The van der Waals surface area contributed by atoms with E-state index in [1.807, 2.05) is 30.3 Å². The summed E-state index contributed by atoms with van der Waals surface area (Å²) >= 11 is 0. The fourth-order valence-corrected chi connectivity index (χ4v) is 5.04. The second-order valence-electron chi connectivity index (χ2n) is 7.21. The third-order valence-electron chi connectivity index (χ3n) is 5.43. The van der Waals surface area contributed by atoms with Crippen molar-refractivity contribution >= 4 is 26.7 Å². The van der Waals surface area contributed by atoms with Gasteiger partial charge in [0.05, 0.1) is 23.0 Å². The van der Waals surface area contributed by atoms with E-state index >= 15 is 0 Å². The van der Waals surface area contributed by atoms with Gasteiger partial charge in [-0.25, -0.2) is 31.9 Å². The number of aromatic nitrogens is 6. The summed E-state index contributed by atoms with van der Waals surface area (Å²) in [5.74, 6) is 0.744. The average molecular weight is 411 g/mol. The molecule has 150 valence electrons. The zero-order valence-corrected chi connectivity index (χ0v) is 16.8. The van der Waals surface area contributed by atoms with Crippen LogP contribution < -0.4 is 0 Å². The molecule has 1 aromatic carbocycles. The Morgan fingerprint density at radius 1 is 1.17 bits per heavy atom. The average Bonchev–Trinajstić information content (AvgIpc) is 3.38. The van der Waals surface area contributed by atoms with Crippen molar-refractivity contribution in [2.75, 3.05) is 18.8 Å². The lowest BCUT2D eigenvalue weighted by Crippen LogP contribution is -2.40. The second-order valence-corrected chi connectivity index (χ2v) is 9.47. The molecule has 1 aliphatic rings. The van der Waals surface area contributed by atoms with Crippen molar-refractivity contribution in [3.05, 3.63) is 48.7 Å². The molecule has 0 N–H and O–H groups in total. The van der Waals surface area contributed by atoms with E-state index in [0.29, 0.717) is 30.2 Å². The Labute approximate surface area is 168 Å². The predicted octanol–water partition coefficient (Wildman–Crippen LogP) is 1.99. The smallest absolute Gasteiger partial charge is 0.213 e. The van der Waals surface area contributed by atoms with Crippen LogP contribution in [0.3, 0.4) is 0 Å². The van der Waals surface area contributed by atoms with Crippen molar-refractivity contribution in [3.63, 3.8) is 0 Å². The number of rotatable bonds is 4. The van der Waals surface area contributed by atoms with E-state index in [1.54, 1.807) is 33.0 Å². The third-order valence-corrected chi connectivity index (χ3v) is 7.28. The molecule has 29 heavy (non-hydrogen) atoms. The van der Waals surface area contributed by atoms with Gasteiger partial charge in [0.25, 0.3) is 0 Å². The number of nitrogens with zero attached hydrogens (tertiary/aromatic N) is 7. The van der Waals surface area contributed by atoms with Gasteiger partial charge in [0, 0.05) is 19.0 Å². The van der Waals surface area contributed by atoms with Gasteiger partial charge in [-0.15, -0.1) is 5.10 Å². The lowest BCUT2D eigenvalue weighted by molar-refractivity contribution is 0.309. The molecule has 5 rings (SSSR count). The lowest BCUT2D eigenvalue weighted by Gasteiger charge is -2.30. The van der Waals surface area contributed by atoms with E-state index in [9.17, 15) is 8.42 Å².